The average Bonchev–Trinajstić information content (AvgIpc) is 3.13. The number of hydrogen-bond donors (Lipinski definition) is 0. The minimum Gasteiger partial charge on any atom is -0.354 e. The summed E-state index contributed by atoms with van der Waals surface area (Å²) in [4.78, 5) is 26.6. The quantitative estimate of drug-likeness (QED) is 0.430. The lowest BCUT2D eigenvalue weighted by Crippen LogP contribution is -2.35. The zero-order chi connectivity index (χ0) is 23.5. The van der Waals surface area contributed by atoms with Gasteiger partial charge >= 0.3 is 0 Å². The lowest BCUT2D eigenvalue weighted by molar-refractivity contribution is 0.0767. The summed E-state index contributed by atoms with van der Waals surface area (Å²) in [5.41, 5.74) is 2.64. The summed E-state index contributed by atoms with van der Waals surface area (Å²) < 4.78 is 18.9. The van der Waals surface area contributed by atoms with E-state index in [1.807, 2.05) is 35.2 Å². The third kappa shape index (κ3) is 4.35. The Balaban J connectivity index is 1.47. The highest BCUT2D eigenvalue weighted by Crippen LogP contribution is 2.34. The van der Waals surface area contributed by atoms with E-state index in [2.05, 4.69) is 22.0 Å². The molecule has 5 rings (SSSR count). The molecule has 0 bridgehead atoms. The molecule has 0 spiro atoms. The standard InChI is InChI=1S/C26H26FN5O2/c1-2-7-21-28-24(22-23(30-34-25(22)29-21)18-8-4-3-5-9-18)31-14-6-15-32(17-16-31)26(33)19-10-12-20(27)13-11-19/h3-5,8-13H,2,6-7,14-17H2,1H3. The SMILES string of the molecule is CCCc1nc(N2CCCN(C(=O)c3ccc(F)cc3)CC2)c2c(-c3ccccc3)noc2n1. The highest BCUT2D eigenvalue weighted by Gasteiger charge is 2.26. The van der Waals surface area contributed by atoms with Crippen LogP contribution >= 0.6 is 0 Å². The maximum atomic E-state index is 13.3. The molecular formula is C26H26FN5O2. The fourth-order valence-electron chi connectivity index (χ4n) is 4.34. The van der Waals surface area contributed by atoms with Crippen LogP contribution in [0.2, 0.25) is 0 Å². The van der Waals surface area contributed by atoms with Gasteiger partial charge in [0.2, 0.25) is 0 Å². The van der Waals surface area contributed by atoms with Crippen molar-refractivity contribution in [3.63, 3.8) is 0 Å². The van der Waals surface area contributed by atoms with Crippen molar-refractivity contribution in [2.45, 2.75) is 26.2 Å². The van der Waals surface area contributed by atoms with Crippen molar-refractivity contribution in [1.29, 1.82) is 0 Å². The van der Waals surface area contributed by atoms with Crippen molar-refractivity contribution in [3.8, 4) is 11.3 Å². The van der Waals surface area contributed by atoms with Crippen molar-refractivity contribution in [2.24, 2.45) is 0 Å². The van der Waals surface area contributed by atoms with Gasteiger partial charge in [0, 0.05) is 43.7 Å². The summed E-state index contributed by atoms with van der Waals surface area (Å²) in [6, 6.07) is 15.6. The van der Waals surface area contributed by atoms with Crippen LogP contribution in [0.1, 0.15) is 35.9 Å². The van der Waals surface area contributed by atoms with Crippen LogP contribution < -0.4 is 4.90 Å². The molecule has 0 aliphatic carbocycles. The van der Waals surface area contributed by atoms with Crippen LogP contribution in [-0.4, -0.2) is 52.1 Å². The van der Waals surface area contributed by atoms with Gasteiger partial charge in [0.25, 0.3) is 11.6 Å². The van der Waals surface area contributed by atoms with E-state index in [1.54, 1.807) is 0 Å². The normalized spacial score (nSPS) is 14.4. The van der Waals surface area contributed by atoms with Gasteiger partial charge in [-0.3, -0.25) is 4.79 Å². The summed E-state index contributed by atoms with van der Waals surface area (Å²) in [5.74, 6) is 1.09. The van der Waals surface area contributed by atoms with Crippen molar-refractivity contribution in [1.82, 2.24) is 20.0 Å². The van der Waals surface area contributed by atoms with Crippen molar-refractivity contribution in [3.05, 3.63) is 71.8 Å². The predicted octanol–water partition coefficient (Wildman–Crippen LogP) is 4.73. The Morgan fingerprint density at radius 1 is 1.00 bits per heavy atom. The number of rotatable bonds is 5. The fourth-order valence-corrected chi connectivity index (χ4v) is 4.34. The van der Waals surface area contributed by atoms with Crippen LogP contribution in [-0.2, 0) is 6.42 Å². The number of aromatic nitrogens is 3. The Morgan fingerprint density at radius 3 is 2.56 bits per heavy atom. The molecule has 0 atom stereocenters. The first-order valence-electron chi connectivity index (χ1n) is 11.7. The molecule has 0 saturated carbocycles. The van der Waals surface area contributed by atoms with E-state index in [0.717, 1.165) is 54.1 Å². The lowest BCUT2D eigenvalue weighted by atomic mass is 10.1. The number of halogens is 1. The molecule has 1 saturated heterocycles. The molecule has 1 aliphatic rings. The highest BCUT2D eigenvalue weighted by molar-refractivity contribution is 5.98. The number of anilines is 1. The third-order valence-electron chi connectivity index (χ3n) is 6.06. The Bertz CT molecular complexity index is 1290. The summed E-state index contributed by atoms with van der Waals surface area (Å²) in [7, 11) is 0. The monoisotopic (exact) mass is 459 g/mol. The smallest absolute Gasteiger partial charge is 0.263 e. The van der Waals surface area contributed by atoms with Gasteiger partial charge in [0.1, 0.15) is 28.5 Å². The van der Waals surface area contributed by atoms with Crippen molar-refractivity contribution in [2.75, 3.05) is 31.1 Å². The Kier molecular flexibility index (Phi) is 6.20. The van der Waals surface area contributed by atoms with E-state index in [1.165, 1.54) is 24.3 Å². The molecular weight excluding hydrogens is 433 g/mol. The second-order valence-electron chi connectivity index (χ2n) is 8.43. The van der Waals surface area contributed by atoms with E-state index in [9.17, 15) is 9.18 Å². The zero-order valence-electron chi connectivity index (χ0n) is 19.1. The molecule has 0 unspecified atom stereocenters. The van der Waals surface area contributed by atoms with Crippen LogP contribution in [0.3, 0.4) is 0 Å². The molecule has 2 aromatic heterocycles. The molecule has 34 heavy (non-hydrogen) atoms. The number of benzene rings is 2. The van der Waals surface area contributed by atoms with Gasteiger partial charge in [-0.25, -0.2) is 9.37 Å². The number of aryl methyl sites for hydroxylation is 1. The van der Waals surface area contributed by atoms with E-state index < -0.39 is 0 Å². The van der Waals surface area contributed by atoms with Gasteiger partial charge in [0.15, 0.2) is 0 Å². The molecule has 174 valence electrons. The third-order valence-corrected chi connectivity index (χ3v) is 6.06. The van der Waals surface area contributed by atoms with Crippen LogP contribution in [0, 0.1) is 5.82 Å². The molecule has 0 N–H and O–H groups in total. The van der Waals surface area contributed by atoms with Gasteiger partial charge < -0.3 is 14.3 Å². The Hall–Kier alpha value is -3.81. The van der Waals surface area contributed by atoms with Gasteiger partial charge in [0.05, 0.1) is 0 Å². The summed E-state index contributed by atoms with van der Waals surface area (Å²) >= 11 is 0. The topological polar surface area (TPSA) is 75.4 Å². The van der Waals surface area contributed by atoms with Gasteiger partial charge in [-0.1, -0.05) is 42.4 Å². The van der Waals surface area contributed by atoms with Crippen LogP contribution in [0.15, 0.2) is 59.1 Å². The van der Waals surface area contributed by atoms with E-state index in [-0.39, 0.29) is 11.7 Å². The Labute approximate surface area is 197 Å². The van der Waals surface area contributed by atoms with E-state index in [0.29, 0.717) is 30.9 Å². The largest absolute Gasteiger partial charge is 0.354 e. The number of fused-ring (bicyclic) bond motifs is 1. The maximum absolute atomic E-state index is 13.3. The average molecular weight is 460 g/mol. The number of nitrogens with zero attached hydrogens (tertiary/aromatic N) is 5. The van der Waals surface area contributed by atoms with Gasteiger partial charge in [-0.2, -0.15) is 4.98 Å². The highest BCUT2D eigenvalue weighted by atomic mass is 19.1. The minimum absolute atomic E-state index is 0.0868. The van der Waals surface area contributed by atoms with E-state index in [4.69, 9.17) is 9.51 Å². The predicted molar refractivity (Wildman–Crippen MR) is 128 cm³/mol. The van der Waals surface area contributed by atoms with Crippen LogP contribution in [0.4, 0.5) is 10.2 Å². The lowest BCUT2D eigenvalue weighted by Gasteiger charge is -2.24. The van der Waals surface area contributed by atoms with E-state index >= 15 is 0 Å². The molecule has 4 aromatic rings. The molecule has 0 radical (unpaired) electrons. The molecule has 1 aliphatic heterocycles. The maximum Gasteiger partial charge on any atom is 0.263 e. The molecule has 1 fully saturated rings. The summed E-state index contributed by atoms with van der Waals surface area (Å²) in [6.45, 7) is 4.61. The molecule has 7 nitrogen and oxygen atoms in total. The van der Waals surface area contributed by atoms with Crippen LogP contribution in [0.25, 0.3) is 22.4 Å². The number of carbonyl (C=O) groups excluding carboxylic acids is 1. The second-order valence-corrected chi connectivity index (χ2v) is 8.43. The van der Waals surface area contributed by atoms with Crippen molar-refractivity contribution < 1.29 is 13.7 Å². The Morgan fingerprint density at radius 2 is 1.79 bits per heavy atom. The molecule has 8 heteroatoms. The van der Waals surface area contributed by atoms with Crippen molar-refractivity contribution >= 4 is 22.8 Å². The molecule has 3 heterocycles. The summed E-state index contributed by atoms with van der Waals surface area (Å²) in [6.07, 6.45) is 2.45. The number of carbonyl (C=O) groups is 1. The second kappa shape index (κ2) is 9.59. The number of hydrogen-bond acceptors (Lipinski definition) is 6. The fraction of sp³-hybridized carbons (Fsp3) is 0.308. The first-order chi connectivity index (χ1) is 16.6. The molecule has 2 aromatic carbocycles. The first-order valence-corrected chi connectivity index (χ1v) is 11.7. The van der Waals surface area contributed by atoms with Gasteiger partial charge in [-0.15, -0.1) is 0 Å². The number of amides is 1. The summed E-state index contributed by atoms with van der Waals surface area (Å²) in [5, 5.41) is 5.13. The minimum atomic E-state index is -0.350. The van der Waals surface area contributed by atoms with Crippen LogP contribution in [0.5, 0.6) is 0 Å². The van der Waals surface area contributed by atoms with Gasteiger partial charge in [-0.05, 0) is 37.1 Å². The molecule has 1 amide bonds. The zero-order valence-corrected chi connectivity index (χ0v) is 19.1. The first kappa shape index (κ1) is 22.0.